The summed E-state index contributed by atoms with van der Waals surface area (Å²) in [7, 11) is 1.22. The van der Waals surface area contributed by atoms with Crippen LogP contribution in [0.4, 0.5) is 0 Å². The molecule has 1 aromatic carbocycles. The first-order chi connectivity index (χ1) is 11.5. The summed E-state index contributed by atoms with van der Waals surface area (Å²) in [6, 6.07) is 5.31. The maximum atomic E-state index is 12.1. The highest BCUT2D eigenvalue weighted by molar-refractivity contribution is 5.96. The van der Waals surface area contributed by atoms with Crippen molar-refractivity contribution in [2.24, 2.45) is 0 Å². The van der Waals surface area contributed by atoms with Crippen molar-refractivity contribution in [3.05, 3.63) is 42.5 Å². The standard InChI is InChI=1S/C15H16N4O5/c1-24-13(20)7-6-12(15(22)23)18-14(21)10-2-4-11(5-3-10)19-8-16-17-9-19/h2-5,8-9,12H,6-7H2,1H3,(H,18,21)(H,22,23). The average molecular weight is 332 g/mol. The highest BCUT2D eigenvalue weighted by atomic mass is 16.5. The first kappa shape index (κ1) is 17.1. The summed E-state index contributed by atoms with van der Waals surface area (Å²) in [5, 5.41) is 18.9. The normalized spacial score (nSPS) is 11.5. The van der Waals surface area contributed by atoms with Crippen LogP contribution in [0.1, 0.15) is 23.2 Å². The van der Waals surface area contributed by atoms with Gasteiger partial charge < -0.3 is 15.2 Å². The number of aromatic nitrogens is 3. The van der Waals surface area contributed by atoms with Gasteiger partial charge in [-0.1, -0.05) is 0 Å². The van der Waals surface area contributed by atoms with Crippen molar-refractivity contribution >= 4 is 17.8 Å². The molecule has 1 heterocycles. The van der Waals surface area contributed by atoms with E-state index in [9.17, 15) is 14.4 Å². The molecule has 0 saturated carbocycles. The second kappa shape index (κ2) is 7.86. The van der Waals surface area contributed by atoms with Gasteiger partial charge in [0.05, 0.1) is 7.11 Å². The smallest absolute Gasteiger partial charge is 0.326 e. The van der Waals surface area contributed by atoms with Crippen LogP contribution in [0.25, 0.3) is 5.69 Å². The average Bonchev–Trinajstić information content (AvgIpc) is 3.12. The fourth-order valence-corrected chi connectivity index (χ4v) is 1.98. The summed E-state index contributed by atoms with van der Waals surface area (Å²) < 4.78 is 6.13. The topological polar surface area (TPSA) is 123 Å². The summed E-state index contributed by atoms with van der Waals surface area (Å²) in [4.78, 5) is 34.4. The Labute approximate surface area is 137 Å². The maximum absolute atomic E-state index is 12.1. The molecule has 2 N–H and O–H groups in total. The Kier molecular flexibility index (Phi) is 5.61. The fraction of sp³-hybridized carbons (Fsp3) is 0.267. The Morgan fingerprint density at radius 1 is 1.21 bits per heavy atom. The lowest BCUT2D eigenvalue weighted by atomic mass is 10.1. The Bertz CT molecular complexity index is 712. The number of carbonyl (C=O) groups is 3. The monoisotopic (exact) mass is 332 g/mol. The number of ether oxygens (including phenoxy) is 1. The van der Waals surface area contributed by atoms with Crippen LogP contribution in [0.15, 0.2) is 36.9 Å². The number of nitrogens with zero attached hydrogens (tertiary/aromatic N) is 3. The van der Waals surface area contributed by atoms with Gasteiger partial charge in [-0.3, -0.25) is 14.2 Å². The van der Waals surface area contributed by atoms with E-state index in [0.717, 1.165) is 5.69 Å². The molecule has 0 bridgehead atoms. The molecule has 2 rings (SSSR count). The van der Waals surface area contributed by atoms with E-state index < -0.39 is 23.9 Å². The third-order valence-corrected chi connectivity index (χ3v) is 3.31. The largest absolute Gasteiger partial charge is 0.480 e. The lowest BCUT2D eigenvalue weighted by molar-refractivity contribution is -0.142. The predicted molar refractivity (Wildman–Crippen MR) is 81.5 cm³/mol. The second-order valence-corrected chi connectivity index (χ2v) is 4.90. The lowest BCUT2D eigenvalue weighted by Gasteiger charge is -2.14. The van der Waals surface area contributed by atoms with E-state index in [-0.39, 0.29) is 12.8 Å². The lowest BCUT2D eigenvalue weighted by Crippen LogP contribution is -2.41. The molecule has 0 radical (unpaired) electrons. The van der Waals surface area contributed by atoms with Crippen molar-refractivity contribution in [2.75, 3.05) is 7.11 Å². The molecule has 0 fully saturated rings. The van der Waals surface area contributed by atoms with Crippen LogP contribution in [0.2, 0.25) is 0 Å². The fourth-order valence-electron chi connectivity index (χ4n) is 1.98. The summed E-state index contributed by atoms with van der Waals surface area (Å²) in [6.45, 7) is 0. The third-order valence-electron chi connectivity index (χ3n) is 3.31. The molecule has 1 atom stereocenters. The number of carboxylic acids is 1. The highest BCUT2D eigenvalue weighted by Crippen LogP contribution is 2.09. The van der Waals surface area contributed by atoms with Crippen molar-refractivity contribution in [3.63, 3.8) is 0 Å². The van der Waals surface area contributed by atoms with Gasteiger partial charge in [0, 0.05) is 17.7 Å². The van der Waals surface area contributed by atoms with Gasteiger partial charge in [0.15, 0.2) is 0 Å². The minimum Gasteiger partial charge on any atom is -0.480 e. The Morgan fingerprint density at radius 2 is 1.83 bits per heavy atom. The van der Waals surface area contributed by atoms with E-state index in [1.807, 2.05) is 0 Å². The SMILES string of the molecule is COC(=O)CCC(NC(=O)c1ccc(-n2cnnc2)cc1)C(=O)O. The van der Waals surface area contributed by atoms with Crippen molar-refractivity contribution in [2.45, 2.75) is 18.9 Å². The van der Waals surface area contributed by atoms with E-state index in [2.05, 4.69) is 20.3 Å². The maximum Gasteiger partial charge on any atom is 0.326 e. The van der Waals surface area contributed by atoms with E-state index in [0.29, 0.717) is 5.56 Å². The van der Waals surface area contributed by atoms with Crippen LogP contribution in [-0.2, 0) is 14.3 Å². The number of carboxylic acid groups (broad SMARTS) is 1. The van der Waals surface area contributed by atoms with Gasteiger partial charge in [-0.2, -0.15) is 0 Å². The number of aliphatic carboxylic acids is 1. The van der Waals surface area contributed by atoms with E-state index in [4.69, 9.17) is 5.11 Å². The number of amides is 1. The summed E-state index contributed by atoms with van der Waals surface area (Å²) in [5.74, 6) is -2.29. The Morgan fingerprint density at radius 3 is 2.38 bits per heavy atom. The zero-order valence-electron chi connectivity index (χ0n) is 12.9. The van der Waals surface area contributed by atoms with Gasteiger partial charge in [0.25, 0.3) is 5.91 Å². The summed E-state index contributed by atoms with van der Waals surface area (Å²) in [6.07, 6.45) is 2.89. The van der Waals surface area contributed by atoms with Gasteiger partial charge in [-0.15, -0.1) is 10.2 Å². The molecule has 0 saturated heterocycles. The number of carbonyl (C=O) groups excluding carboxylic acids is 2. The molecule has 2 aromatic rings. The molecule has 0 aliphatic heterocycles. The molecular formula is C15H16N4O5. The number of benzene rings is 1. The molecule has 0 spiro atoms. The summed E-state index contributed by atoms with van der Waals surface area (Å²) in [5.41, 5.74) is 1.06. The minimum atomic E-state index is -1.21. The first-order valence-electron chi connectivity index (χ1n) is 7.07. The van der Waals surface area contributed by atoms with Gasteiger partial charge >= 0.3 is 11.9 Å². The van der Waals surface area contributed by atoms with Crippen LogP contribution in [-0.4, -0.2) is 50.9 Å². The van der Waals surface area contributed by atoms with Crippen molar-refractivity contribution in [3.8, 4) is 5.69 Å². The number of methoxy groups -OCH3 is 1. The number of hydrogen-bond donors (Lipinski definition) is 2. The van der Waals surface area contributed by atoms with E-state index >= 15 is 0 Å². The molecule has 1 aromatic heterocycles. The molecule has 9 heteroatoms. The zero-order valence-corrected chi connectivity index (χ0v) is 12.9. The molecule has 0 aliphatic carbocycles. The van der Waals surface area contributed by atoms with Gasteiger partial charge in [0.2, 0.25) is 0 Å². The van der Waals surface area contributed by atoms with Crippen LogP contribution in [0.5, 0.6) is 0 Å². The van der Waals surface area contributed by atoms with Crippen LogP contribution in [0, 0.1) is 0 Å². The molecule has 1 unspecified atom stereocenters. The molecule has 9 nitrogen and oxygen atoms in total. The molecular weight excluding hydrogens is 316 g/mol. The number of nitrogens with one attached hydrogen (secondary N) is 1. The third kappa shape index (κ3) is 4.38. The van der Waals surface area contributed by atoms with Gasteiger partial charge in [-0.05, 0) is 30.7 Å². The quantitative estimate of drug-likeness (QED) is 0.703. The molecule has 0 aliphatic rings. The summed E-state index contributed by atoms with van der Waals surface area (Å²) >= 11 is 0. The number of esters is 1. The second-order valence-electron chi connectivity index (χ2n) is 4.90. The van der Waals surface area contributed by atoms with Gasteiger partial charge in [0.1, 0.15) is 18.7 Å². The number of hydrogen-bond acceptors (Lipinski definition) is 6. The van der Waals surface area contributed by atoms with Crippen molar-refractivity contribution < 1.29 is 24.2 Å². The minimum absolute atomic E-state index is 0.0491. The number of rotatable bonds is 7. The molecule has 24 heavy (non-hydrogen) atoms. The van der Waals surface area contributed by atoms with E-state index in [1.165, 1.54) is 19.8 Å². The van der Waals surface area contributed by atoms with Crippen LogP contribution < -0.4 is 5.32 Å². The highest BCUT2D eigenvalue weighted by Gasteiger charge is 2.21. The first-order valence-corrected chi connectivity index (χ1v) is 7.07. The predicted octanol–water partition coefficient (Wildman–Crippen LogP) is 0.403. The zero-order chi connectivity index (χ0) is 17.5. The molecule has 1 amide bonds. The van der Waals surface area contributed by atoms with E-state index in [1.54, 1.807) is 28.8 Å². The Hall–Kier alpha value is -3.23. The van der Waals surface area contributed by atoms with Gasteiger partial charge in [-0.25, -0.2) is 4.79 Å². The van der Waals surface area contributed by atoms with Crippen LogP contribution in [0.3, 0.4) is 0 Å². The molecule has 126 valence electrons. The van der Waals surface area contributed by atoms with Crippen molar-refractivity contribution in [1.82, 2.24) is 20.1 Å². The van der Waals surface area contributed by atoms with Crippen LogP contribution >= 0.6 is 0 Å². The van der Waals surface area contributed by atoms with Crippen molar-refractivity contribution in [1.29, 1.82) is 0 Å². The Balaban J connectivity index is 2.01.